The SMILES string of the molecule is CSCCNCC(=O)Nc1ccc(/C=C/c2ccc(N(C)C)cc2)cc1SC. The molecule has 2 rings (SSSR count). The number of thioether (sulfide) groups is 2. The summed E-state index contributed by atoms with van der Waals surface area (Å²) in [5.41, 5.74) is 4.31. The lowest BCUT2D eigenvalue weighted by Crippen LogP contribution is -2.29. The largest absolute Gasteiger partial charge is 0.378 e. The number of benzene rings is 2. The fourth-order valence-corrected chi connectivity index (χ4v) is 3.50. The molecule has 0 aliphatic heterocycles. The number of amides is 1. The summed E-state index contributed by atoms with van der Waals surface area (Å²) in [6, 6.07) is 14.5. The van der Waals surface area contributed by atoms with Crippen LogP contribution in [-0.4, -0.2) is 51.4 Å². The molecule has 0 aliphatic rings. The van der Waals surface area contributed by atoms with E-state index >= 15 is 0 Å². The van der Waals surface area contributed by atoms with Crippen molar-refractivity contribution in [2.45, 2.75) is 4.90 Å². The maximum atomic E-state index is 12.1. The average molecular weight is 416 g/mol. The van der Waals surface area contributed by atoms with Crippen LogP contribution in [-0.2, 0) is 4.79 Å². The van der Waals surface area contributed by atoms with Crippen molar-refractivity contribution in [3.8, 4) is 0 Å². The summed E-state index contributed by atoms with van der Waals surface area (Å²) in [5.74, 6) is 0.989. The molecule has 2 aromatic rings. The van der Waals surface area contributed by atoms with E-state index in [1.165, 1.54) is 5.69 Å². The lowest BCUT2D eigenvalue weighted by atomic mass is 10.1. The van der Waals surface area contributed by atoms with Crippen molar-refractivity contribution in [1.82, 2.24) is 5.32 Å². The number of rotatable bonds is 10. The first-order valence-electron chi connectivity index (χ1n) is 9.16. The van der Waals surface area contributed by atoms with Gasteiger partial charge in [-0.05, 0) is 47.9 Å². The lowest BCUT2D eigenvalue weighted by molar-refractivity contribution is -0.115. The Balaban J connectivity index is 2.00. The summed E-state index contributed by atoms with van der Waals surface area (Å²) in [4.78, 5) is 15.3. The zero-order valence-corrected chi connectivity index (χ0v) is 18.6. The second-order valence-electron chi connectivity index (χ2n) is 6.50. The highest BCUT2D eigenvalue weighted by molar-refractivity contribution is 7.98. The molecule has 0 saturated heterocycles. The number of nitrogens with zero attached hydrogens (tertiary/aromatic N) is 1. The number of hydrogen-bond donors (Lipinski definition) is 2. The molecule has 0 saturated carbocycles. The highest BCUT2D eigenvalue weighted by Crippen LogP contribution is 2.27. The van der Waals surface area contributed by atoms with E-state index in [0.717, 1.165) is 34.0 Å². The van der Waals surface area contributed by atoms with Crippen LogP contribution < -0.4 is 15.5 Å². The predicted octanol–water partition coefficient (Wildman–Crippen LogP) is 4.54. The van der Waals surface area contributed by atoms with Gasteiger partial charge in [0.2, 0.25) is 5.91 Å². The predicted molar refractivity (Wildman–Crippen MR) is 128 cm³/mol. The molecule has 0 unspecified atom stereocenters. The second-order valence-corrected chi connectivity index (χ2v) is 8.33. The first kappa shape index (κ1) is 22.4. The van der Waals surface area contributed by atoms with Gasteiger partial charge < -0.3 is 15.5 Å². The van der Waals surface area contributed by atoms with Crippen molar-refractivity contribution >= 4 is 53.0 Å². The third kappa shape index (κ3) is 7.26. The van der Waals surface area contributed by atoms with E-state index in [1.807, 2.05) is 32.5 Å². The van der Waals surface area contributed by atoms with Crippen LogP contribution in [0.15, 0.2) is 47.4 Å². The van der Waals surface area contributed by atoms with Crippen molar-refractivity contribution in [3.05, 3.63) is 53.6 Å². The Morgan fingerprint density at radius 3 is 2.36 bits per heavy atom. The molecule has 6 heteroatoms. The zero-order chi connectivity index (χ0) is 20.4. The molecule has 2 N–H and O–H groups in total. The molecule has 1 amide bonds. The third-order valence-corrected chi connectivity index (χ3v) is 5.54. The van der Waals surface area contributed by atoms with E-state index in [0.29, 0.717) is 6.54 Å². The molecule has 0 fully saturated rings. The molecule has 2 aromatic carbocycles. The zero-order valence-electron chi connectivity index (χ0n) is 17.0. The molecular formula is C22H29N3OS2. The molecule has 4 nitrogen and oxygen atoms in total. The normalized spacial score (nSPS) is 11.0. The van der Waals surface area contributed by atoms with Crippen LogP contribution in [0.25, 0.3) is 12.2 Å². The molecule has 0 radical (unpaired) electrons. The van der Waals surface area contributed by atoms with Crippen molar-refractivity contribution in [3.63, 3.8) is 0 Å². The number of carbonyl (C=O) groups excluding carboxylic acids is 1. The summed E-state index contributed by atoms with van der Waals surface area (Å²) >= 11 is 3.40. The van der Waals surface area contributed by atoms with Gasteiger partial charge in [0.05, 0.1) is 12.2 Å². The van der Waals surface area contributed by atoms with Gasteiger partial charge in [-0.1, -0.05) is 30.4 Å². The first-order chi connectivity index (χ1) is 13.5. The van der Waals surface area contributed by atoms with Crippen molar-refractivity contribution < 1.29 is 4.79 Å². The van der Waals surface area contributed by atoms with Crippen LogP contribution in [0.1, 0.15) is 11.1 Å². The third-order valence-electron chi connectivity index (χ3n) is 4.15. The van der Waals surface area contributed by atoms with Gasteiger partial charge in [0.1, 0.15) is 0 Å². The van der Waals surface area contributed by atoms with Gasteiger partial charge in [0.25, 0.3) is 0 Å². The highest BCUT2D eigenvalue weighted by Gasteiger charge is 2.07. The van der Waals surface area contributed by atoms with E-state index in [1.54, 1.807) is 23.5 Å². The smallest absolute Gasteiger partial charge is 0.238 e. The minimum atomic E-state index is -0.0133. The van der Waals surface area contributed by atoms with E-state index < -0.39 is 0 Å². The summed E-state index contributed by atoms with van der Waals surface area (Å²) in [6.07, 6.45) is 8.28. The monoisotopic (exact) mass is 415 g/mol. The molecular weight excluding hydrogens is 386 g/mol. The van der Waals surface area contributed by atoms with Gasteiger partial charge in [-0.2, -0.15) is 11.8 Å². The minimum Gasteiger partial charge on any atom is -0.378 e. The van der Waals surface area contributed by atoms with Crippen LogP contribution in [0.3, 0.4) is 0 Å². The quantitative estimate of drug-likeness (QED) is 0.339. The summed E-state index contributed by atoms with van der Waals surface area (Å²) in [5, 5.41) is 6.15. The van der Waals surface area contributed by atoms with E-state index in [-0.39, 0.29) is 5.91 Å². The topological polar surface area (TPSA) is 44.4 Å². The van der Waals surface area contributed by atoms with Gasteiger partial charge in [0.15, 0.2) is 0 Å². The van der Waals surface area contributed by atoms with Crippen molar-refractivity contribution in [2.24, 2.45) is 0 Å². The van der Waals surface area contributed by atoms with E-state index in [2.05, 4.69) is 64.3 Å². The maximum Gasteiger partial charge on any atom is 0.238 e. The summed E-state index contributed by atoms with van der Waals surface area (Å²) < 4.78 is 0. The Morgan fingerprint density at radius 1 is 1.04 bits per heavy atom. The number of anilines is 2. The van der Waals surface area contributed by atoms with Gasteiger partial charge in [0, 0.05) is 37.0 Å². The van der Waals surface area contributed by atoms with Crippen LogP contribution in [0.5, 0.6) is 0 Å². The molecule has 0 heterocycles. The van der Waals surface area contributed by atoms with Crippen molar-refractivity contribution in [2.75, 3.05) is 55.7 Å². The van der Waals surface area contributed by atoms with Crippen LogP contribution >= 0.6 is 23.5 Å². The Labute approximate surface area is 177 Å². The number of carbonyl (C=O) groups is 1. The molecule has 0 atom stereocenters. The fraction of sp³-hybridized carbons (Fsp3) is 0.318. The molecule has 150 valence electrons. The second kappa shape index (κ2) is 11.8. The lowest BCUT2D eigenvalue weighted by Gasteiger charge is -2.12. The molecule has 0 aliphatic carbocycles. The fourth-order valence-electron chi connectivity index (χ4n) is 2.56. The minimum absolute atomic E-state index is 0.0133. The Hall–Kier alpha value is -1.89. The van der Waals surface area contributed by atoms with Gasteiger partial charge in [-0.25, -0.2) is 0 Å². The van der Waals surface area contributed by atoms with Crippen LogP contribution in [0.2, 0.25) is 0 Å². The average Bonchev–Trinajstić information content (AvgIpc) is 2.70. The van der Waals surface area contributed by atoms with Gasteiger partial charge in [-0.15, -0.1) is 11.8 Å². The molecule has 0 spiro atoms. The van der Waals surface area contributed by atoms with Crippen molar-refractivity contribution in [1.29, 1.82) is 0 Å². The first-order valence-corrected chi connectivity index (χ1v) is 11.8. The van der Waals surface area contributed by atoms with Crippen LogP contribution in [0, 0.1) is 0 Å². The Morgan fingerprint density at radius 2 is 1.71 bits per heavy atom. The maximum absolute atomic E-state index is 12.1. The van der Waals surface area contributed by atoms with Crippen LogP contribution in [0.4, 0.5) is 11.4 Å². The highest BCUT2D eigenvalue weighted by atomic mass is 32.2. The standard InChI is InChI=1S/C22H29N3OS2/c1-25(2)19-10-7-17(8-11-19)5-6-18-9-12-20(21(15-18)28-4)24-22(26)16-23-13-14-27-3/h5-12,15,23H,13-14,16H2,1-4H3,(H,24,26)/b6-5+. The Bertz CT molecular complexity index is 789. The molecule has 28 heavy (non-hydrogen) atoms. The number of hydrogen-bond acceptors (Lipinski definition) is 5. The molecule has 0 aromatic heterocycles. The molecule has 0 bridgehead atoms. The van der Waals surface area contributed by atoms with E-state index in [9.17, 15) is 4.79 Å². The summed E-state index contributed by atoms with van der Waals surface area (Å²) in [6.45, 7) is 1.17. The summed E-state index contributed by atoms with van der Waals surface area (Å²) in [7, 11) is 4.07. The Kier molecular flexibility index (Phi) is 9.47. The van der Waals surface area contributed by atoms with Gasteiger partial charge >= 0.3 is 0 Å². The number of nitrogens with one attached hydrogen (secondary N) is 2. The van der Waals surface area contributed by atoms with E-state index in [4.69, 9.17) is 0 Å². The van der Waals surface area contributed by atoms with Gasteiger partial charge in [-0.3, -0.25) is 4.79 Å².